The van der Waals surface area contributed by atoms with Crippen molar-refractivity contribution in [3.63, 3.8) is 0 Å². The van der Waals surface area contributed by atoms with Crippen LogP contribution in [-0.2, 0) is 6.42 Å². The summed E-state index contributed by atoms with van der Waals surface area (Å²) in [7, 11) is 1.69. The number of aryl methyl sites for hydroxylation is 2. The zero-order chi connectivity index (χ0) is 14.4. The lowest BCUT2D eigenvalue weighted by Gasteiger charge is -2.15. The molecule has 106 valence electrons. The SMILES string of the molecule is COc1ccc(C(N)CCCc2ccccc2)c(C)c1. The Bertz CT molecular complexity index is 536. The molecular weight excluding hydrogens is 246 g/mol. The second-order valence-electron chi connectivity index (χ2n) is 5.21. The minimum absolute atomic E-state index is 0.101. The van der Waals surface area contributed by atoms with Gasteiger partial charge in [-0.2, -0.15) is 0 Å². The molecule has 2 nitrogen and oxygen atoms in total. The first kappa shape index (κ1) is 14.6. The van der Waals surface area contributed by atoms with Gasteiger partial charge in [0, 0.05) is 6.04 Å². The van der Waals surface area contributed by atoms with E-state index < -0.39 is 0 Å². The Morgan fingerprint density at radius 2 is 1.85 bits per heavy atom. The van der Waals surface area contributed by atoms with Crippen molar-refractivity contribution in [1.82, 2.24) is 0 Å². The molecule has 0 aliphatic carbocycles. The Kier molecular flexibility index (Phi) is 5.19. The van der Waals surface area contributed by atoms with Gasteiger partial charge >= 0.3 is 0 Å². The van der Waals surface area contributed by atoms with Crippen LogP contribution in [0.5, 0.6) is 5.75 Å². The summed E-state index contributed by atoms with van der Waals surface area (Å²) >= 11 is 0. The van der Waals surface area contributed by atoms with Gasteiger partial charge in [-0.1, -0.05) is 36.4 Å². The van der Waals surface area contributed by atoms with Gasteiger partial charge in [0.1, 0.15) is 5.75 Å². The van der Waals surface area contributed by atoms with Crippen LogP contribution in [0.2, 0.25) is 0 Å². The topological polar surface area (TPSA) is 35.2 Å². The van der Waals surface area contributed by atoms with E-state index in [1.165, 1.54) is 16.7 Å². The fraction of sp³-hybridized carbons (Fsp3) is 0.333. The predicted molar refractivity (Wildman–Crippen MR) is 84.0 cm³/mol. The maximum atomic E-state index is 6.31. The van der Waals surface area contributed by atoms with Gasteiger partial charge < -0.3 is 10.5 Å². The van der Waals surface area contributed by atoms with Crippen LogP contribution >= 0.6 is 0 Å². The summed E-state index contributed by atoms with van der Waals surface area (Å²) in [6, 6.07) is 16.8. The summed E-state index contributed by atoms with van der Waals surface area (Å²) in [4.78, 5) is 0. The molecule has 1 atom stereocenters. The molecule has 0 bridgehead atoms. The van der Waals surface area contributed by atoms with Crippen molar-refractivity contribution in [2.45, 2.75) is 32.2 Å². The summed E-state index contributed by atoms with van der Waals surface area (Å²) in [5, 5.41) is 0. The van der Waals surface area contributed by atoms with Crippen LogP contribution in [0.1, 0.15) is 35.6 Å². The van der Waals surface area contributed by atoms with Crippen LogP contribution in [0.4, 0.5) is 0 Å². The van der Waals surface area contributed by atoms with Gasteiger partial charge in [0.25, 0.3) is 0 Å². The molecule has 0 aliphatic heterocycles. The van der Waals surface area contributed by atoms with E-state index in [1.807, 2.05) is 12.1 Å². The third-order valence-corrected chi connectivity index (χ3v) is 3.70. The van der Waals surface area contributed by atoms with Crippen molar-refractivity contribution >= 4 is 0 Å². The van der Waals surface area contributed by atoms with E-state index in [-0.39, 0.29) is 6.04 Å². The molecule has 0 heterocycles. The van der Waals surface area contributed by atoms with E-state index in [0.29, 0.717) is 0 Å². The monoisotopic (exact) mass is 269 g/mol. The van der Waals surface area contributed by atoms with Crippen LogP contribution in [-0.4, -0.2) is 7.11 Å². The molecule has 0 aliphatic rings. The van der Waals surface area contributed by atoms with Crippen molar-refractivity contribution in [2.24, 2.45) is 5.73 Å². The molecule has 0 saturated carbocycles. The number of ether oxygens (including phenoxy) is 1. The lowest BCUT2D eigenvalue weighted by Crippen LogP contribution is -2.12. The molecule has 0 fully saturated rings. The summed E-state index contributed by atoms with van der Waals surface area (Å²) in [5.41, 5.74) is 10.1. The minimum Gasteiger partial charge on any atom is -0.497 e. The average molecular weight is 269 g/mol. The first-order valence-corrected chi connectivity index (χ1v) is 7.14. The van der Waals surface area contributed by atoms with Crippen LogP contribution in [0.25, 0.3) is 0 Å². The van der Waals surface area contributed by atoms with E-state index in [1.54, 1.807) is 7.11 Å². The van der Waals surface area contributed by atoms with Crippen molar-refractivity contribution < 1.29 is 4.74 Å². The molecule has 0 amide bonds. The lowest BCUT2D eigenvalue weighted by atomic mass is 9.96. The Labute approximate surface area is 121 Å². The molecule has 2 rings (SSSR count). The number of hydrogen-bond acceptors (Lipinski definition) is 2. The van der Waals surface area contributed by atoms with Crippen LogP contribution in [0.3, 0.4) is 0 Å². The van der Waals surface area contributed by atoms with Crippen LogP contribution in [0.15, 0.2) is 48.5 Å². The molecule has 2 aromatic rings. The number of hydrogen-bond donors (Lipinski definition) is 1. The van der Waals surface area contributed by atoms with Gasteiger partial charge in [0.05, 0.1) is 7.11 Å². The van der Waals surface area contributed by atoms with Crippen molar-refractivity contribution in [2.75, 3.05) is 7.11 Å². The Hall–Kier alpha value is -1.80. The van der Waals surface area contributed by atoms with Gasteiger partial charge in [0.2, 0.25) is 0 Å². The third kappa shape index (κ3) is 3.84. The number of methoxy groups -OCH3 is 1. The normalized spacial score (nSPS) is 12.2. The second kappa shape index (κ2) is 7.11. The molecule has 2 N–H and O–H groups in total. The zero-order valence-corrected chi connectivity index (χ0v) is 12.3. The zero-order valence-electron chi connectivity index (χ0n) is 12.3. The standard InChI is InChI=1S/C18H23NO/c1-14-13-16(20-2)11-12-17(14)18(19)10-6-9-15-7-4-3-5-8-15/h3-5,7-8,11-13,18H,6,9-10,19H2,1-2H3. The molecule has 2 aromatic carbocycles. The first-order chi connectivity index (χ1) is 9.70. The van der Waals surface area contributed by atoms with E-state index in [4.69, 9.17) is 10.5 Å². The van der Waals surface area contributed by atoms with E-state index in [0.717, 1.165) is 25.0 Å². The van der Waals surface area contributed by atoms with Crippen molar-refractivity contribution in [3.05, 3.63) is 65.2 Å². The third-order valence-electron chi connectivity index (χ3n) is 3.70. The molecule has 2 heteroatoms. The molecule has 0 aromatic heterocycles. The highest BCUT2D eigenvalue weighted by Gasteiger charge is 2.09. The Morgan fingerprint density at radius 1 is 1.10 bits per heavy atom. The quantitative estimate of drug-likeness (QED) is 0.859. The maximum Gasteiger partial charge on any atom is 0.119 e. The molecule has 20 heavy (non-hydrogen) atoms. The molecule has 0 radical (unpaired) electrons. The summed E-state index contributed by atoms with van der Waals surface area (Å²) in [5.74, 6) is 0.891. The van der Waals surface area contributed by atoms with Gasteiger partial charge in [-0.25, -0.2) is 0 Å². The number of nitrogens with two attached hydrogens (primary N) is 1. The maximum absolute atomic E-state index is 6.31. The molecular formula is C18H23NO. The smallest absolute Gasteiger partial charge is 0.119 e. The summed E-state index contributed by atoms with van der Waals surface area (Å²) in [6.45, 7) is 2.09. The lowest BCUT2D eigenvalue weighted by molar-refractivity contribution is 0.414. The predicted octanol–water partition coefficient (Wildman–Crippen LogP) is 4.03. The van der Waals surface area contributed by atoms with Crippen molar-refractivity contribution in [3.8, 4) is 5.75 Å². The van der Waals surface area contributed by atoms with Gasteiger partial charge in [0.15, 0.2) is 0 Å². The van der Waals surface area contributed by atoms with Gasteiger partial charge in [-0.15, -0.1) is 0 Å². The fourth-order valence-corrected chi connectivity index (χ4v) is 2.52. The highest BCUT2D eigenvalue weighted by atomic mass is 16.5. The van der Waals surface area contributed by atoms with Crippen LogP contribution < -0.4 is 10.5 Å². The van der Waals surface area contributed by atoms with E-state index >= 15 is 0 Å². The number of rotatable bonds is 6. The van der Waals surface area contributed by atoms with Gasteiger partial charge in [-0.05, 0) is 55.0 Å². The largest absolute Gasteiger partial charge is 0.497 e. The highest BCUT2D eigenvalue weighted by molar-refractivity contribution is 5.36. The van der Waals surface area contributed by atoms with Gasteiger partial charge in [-0.3, -0.25) is 0 Å². The number of benzene rings is 2. The van der Waals surface area contributed by atoms with Crippen molar-refractivity contribution in [1.29, 1.82) is 0 Å². The fourth-order valence-electron chi connectivity index (χ4n) is 2.52. The van der Waals surface area contributed by atoms with E-state index in [2.05, 4.69) is 43.3 Å². The highest BCUT2D eigenvalue weighted by Crippen LogP contribution is 2.24. The van der Waals surface area contributed by atoms with Crippen LogP contribution in [0, 0.1) is 6.92 Å². The van der Waals surface area contributed by atoms with E-state index in [9.17, 15) is 0 Å². The second-order valence-corrected chi connectivity index (χ2v) is 5.21. The molecule has 0 saturated heterocycles. The summed E-state index contributed by atoms with van der Waals surface area (Å²) < 4.78 is 5.23. The minimum atomic E-state index is 0.101. The summed E-state index contributed by atoms with van der Waals surface area (Å²) in [6.07, 6.45) is 3.20. The molecule has 0 spiro atoms. The Morgan fingerprint density at radius 3 is 2.50 bits per heavy atom. The first-order valence-electron chi connectivity index (χ1n) is 7.14. The average Bonchev–Trinajstić information content (AvgIpc) is 2.48. The molecule has 1 unspecified atom stereocenters. The Balaban J connectivity index is 1.90.